The van der Waals surface area contributed by atoms with Crippen LogP contribution in [0.4, 0.5) is 14.5 Å². The number of halogens is 2. The molecule has 0 bridgehead atoms. The summed E-state index contributed by atoms with van der Waals surface area (Å²) in [5.74, 6) is -3.76. The van der Waals surface area contributed by atoms with Gasteiger partial charge in [-0.1, -0.05) is 0 Å². The number of carbonyl (C=O) groups is 2. The van der Waals surface area contributed by atoms with Crippen LogP contribution in [0.1, 0.15) is 23.2 Å². The molecule has 3 rings (SSSR count). The van der Waals surface area contributed by atoms with Crippen LogP contribution in [-0.4, -0.2) is 60.8 Å². The first kappa shape index (κ1) is 16.8. The number of rotatable bonds is 3. The quantitative estimate of drug-likeness (QED) is 0.919. The average molecular weight is 337 g/mol. The maximum atomic E-state index is 12.8. The van der Waals surface area contributed by atoms with Crippen molar-refractivity contribution in [3.63, 3.8) is 0 Å². The van der Waals surface area contributed by atoms with E-state index in [2.05, 4.69) is 10.2 Å². The van der Waals surface area contributed by atoms with E-state index in [0.717, 1.165) is 13.1 Å². The molecule has 1 heterocycles. The Kier molecular flexibility index (Phi) is 4.54. The van der Waals surface area contributed by atoms with Gasteiger partial charge >= 0.3 is 0 Å². The number of likely N-dealkylation sites (N-methyl/N-ethyl adjacent to an activating group) is 1. The average Bonchev–Trinajstić information content (AvgIpc) is 2.53. The Morgan fingerprint density at radius 1 is 1.08 bits per heavy atom. The normalized spacial score (nSPS) is 21.2. The van der Waals surface area contributed by atoms with Gasteiger partial charge in [-0.05, 0) is 31.3 Å². The lowest BCUT2D eigenvalue weighted by molar-refractivity contribution is -0.145. The minimum atomic E-state index is -2.71. The highest BCUT2D eigenvalue weighted by atomic mass is 19.3. The molecule has 1 N–H and O–H groups in total. The molecule has 0 radical (unpaired) electrons. The van der Waals surface area contributed by atoms with Crippen molar-refractivity contribution in [3.8, 4) is 0 Å². The molecule has 1 aromatic carbocycles. The third-order valence-corrected chi connectivity index (χ3v) is 4.65. The number of anilines is 1. The number of piperazine rings is 1. The summed E-state index contributed by atoms with van der Waals surface area (Å²) in [6.45, 7) is 3.10. The Bertz CT molecular complexity index is 617. The number of benzene rings is 1. The van der Waals surface area contributed by atoms with Gasteiger partial charge in [0.1, 0.15) is 0 Å². The van der Waals surface area contributed by atoms with Crippen molar-refractivity contribution in [2.45, 2.75) is 18.8 Å². The predicted octanol–water partition coefficient (Wildman–Crippen LogP) is 2.06. The van der Waals surface area contributed by atoms with E-state index in [1.807, 2.05) is 11.9 Å². The molecule has 2 aliphatic rings. The van der Waals surface area contributed by atoms with E-state index in [9.17, 15) is 18.4 Å². The Morgan fingerprint density at radius 3 is 2.21 bits per heavy atom. The Morgan fingerprint density at radius 2 is 1.67 bits per heavy atom. The summed E-state index contributed by atoms with van der Waals surface area (Å²) in [6.07, 6.45) is -0.780. The fourth-order valence-electron chi connectivity index (χ4n) is 2.98. The van der Waals surface area contributed by atoms with E-state index in [4.69, 9.17) is 0 Å². The predicted molar refractivity (Wildman–Crippen MR) is 86.1 cm³/mol. The molecule has 1 aliphatic heterocycles. The van der Waals surface area contributed by atoms with E-state index in [1.165, 1.54) is 0 Å². The minimum absolute atomic E-state index is 0.0281. The zero-order chi connectivity index (χ0) is 17.3. The van der Waals surface area contributed by atoms with Crippen molar-refractivity contribution < 1.29 is 18.4 Å². The van der Waals surface area contributed by atoms with E-state index >= 15 is 0 Å². The van der Waals surface area contributed by atoms with Crippen LogP contribution in [0.2, 0.25) is 0 Å². The first-order valence-electron chi connectivity index (χ1n) is 8.11. The summed E-state index contributed by atoms with van der Waals surface area (Å²) in [6, 6.07) is 6.59. The molecule has 24 heavy (non-hydrogen) atoms. The Hall–Kier alpha value is -2.02. The van der Waals surface area contributed by atoms with Crippen LogP contribution in [0.15, 0.2) is 24.3 Å². The number of alkyl halides is 2. The molecule has 2 fully saturated rings. The number of amides is 2. The molecule has 0 atom stereocenters. The maximum absolute atomic E-state index is 12.8. The van der Waals surface area contributed by atoms with Crippen LogP contribution in [0.25, 0.3) is 0 Å². The Balaban J connectivity index is 1.55. The molecular weight excluding hydrogens is 316 g/mol. The SMILES string of the molecule is CN1CCN(C(=O)c2ccc(NC(=O)C3CC(F)(F)C3)cc2)CC1. The van der Waals surface area contributed by atoms with Crippen molar-refractivity contribution >= 4 is 17.5 Å². The minimum Gasteiger partial charge on any atom is -0.336 e. The zero-order valence-corrected chi connectivity index (χ0v) is 13.6. The lowest BCUT2D eigenvalue weighted by Crippen LogP contribution is -2.47. The van der Waals surface area contributed by atoms with Crippen LogP contribution in [0.5, 0.6) is 0 Å². The van der Waals surface area contributed by atoms with Gasteiger partial charge in [0.2, 0.25) is 11.8 Å². The molecular formula is C17H21F2N3O2. The van der Waals surface area contributed by atoms with E-state index in [0.29, 0.717) is 24.3 Å². The highest BCUT2D eigenvalue weighted by Gasteiger charge is 2.48. The lowest BCUT2D eigenvalue weighted by Gasteiger charge is -2.33. The second-order valence-electron chi connectivity index (χ2n) is 6.62. The molecule has 130 valence electrons. The zero-order valence-electron chi connectivity index (χ0n) is 13.6. The fourth-order valence-corrected chi connectivity index (χ4v) is 2.98. The maximum Gasteiger partial charge on any atom is 0.253 e. The van der Waals surface area contributed by atoms with Crippen molar-refractivity contribution in [1.29, 1.82) is 0 Å². The summed E-state index contributed by atoms with van der Waals surface area (Å²) < 4.78 is 25.6. The van der Waals surface area contributed by atoms with E-state index in [1.54, 1.807) is 24.3 Å². The third kappa shape index (κ3) is 3.72. The Labute approximate surface area is 139 Å². The van der Waals surface area contributed by atoms with Gasteiger partial charge in [0.05, 0.1) is 0 Å². The third-order valence-electron chi connectivity index (χ3n) is 4.65. The molecule has 5 nitrogen and oxygen atoms in total. The van der Waals surface area contributed by atoms with Crippen LogP contribution in [0.3, 0.4) is 0 Å². The first-order chi connectivity index (χ1) is 11.3. The second kappa shape index (κ2) is 6.47. The lowest BCUT2D eigenvalue weighted by atomic mass is 9.81. The largest absolute Gasteiger partial charge is 0.336 e. The number of nitrogens with one attached hydrogen (secondary N) is 1. The summed E-state index contributed by atoms with van der Waals surface area (Å²) in [4.78, 5) is 28.2. The smallest absolute Gasteiger partial charge is 0.253 e. The monoisotopic (exact) mass is 337 g/mol. The highest BCUT2D eigenvalue weighted by Crippen LogP contribution is 2.42. The molecule has 0 unspecified atom stereocenters. The summed E-state index contributed by atoms with van der Waals surface area (Å²) in [5.41, 5.74) is 1.08. The van der Waals surface area contributed by atoms with Crippen molar-refractivity contribution in [2.24, 2.45) is 5.92 Å². The second-order valence-corrected chi connectivity index (χ2v) is 6.62. The number of nitrogens with zero attached hydrogens (tertiary/aromatic N) is 2. The number of hydrogen-bond donors (Lipinski definition) is 1. The van der Waals surface area contributed by atoms with Crippen molar-refractivity contribution in [3.05, 3.63) is 29.8 Å². The van der Waals surface area contributed by atoms with Crippen LogP contribution >= 0.6 is 0 Å². The molecule has 0 aromatic heterocycles. The van der Waals surface area contributed by atoms with Crippen molar-refractivity contribution in [2.75, 3.05) is 38.5 Å². The molecule has 1 saturated carbocycles. The van der Waals surface area contributed by atoms with Crippen molar-refractivity contribution in [1.82, 2.24) is 9.80 Å². The molecule has 1 saturated heterocycles. The van der Waals surface area contributed by atoms with Gasteiger partial charge in [-0.25, -0.2) is 8.78 Å². The number of hydrogen-bond acceptors (Lipinski definition) is 3. The van der Waals surface area contributed by atoms with Crippen LogP contribution in [-0.2, 0) is 4.79 Å². The molecule has 1 aliphatic carbocycles. The van der Waals surface area contributed by atoms with Gasteiger partial charge in [0.15, 0.2) is 0 Å². The van der Waals surface area contributed by atoms with Gasteiger partial charge in [-0.2, -0.15) is 0 Å². The van der Waals surface area contributed by atoms with Crippen LogP contribution < -0.4 is 5.32 Å². The van der Waals surface area contributed by atoms with Gasteiger partial charge in [-0.3, -0.25) is 9.59 Å². The van der Waals surface area contributed by atoms with Gasteiger partial charge < -0.3 is 15.1 Å². The molecule has 2 amide bonds. The fraction of sp³-hybridized carbons (Fsp3) is 0.529. The van der Waals surface area contributed by atoms with Gasteiger partial charge in [0.25, 0.3) is 5.91 Å². The van der Waals surface area contributed by atoms with E-state index in [-0.39, 0.29) is 11.8 Å². The summed E-state index contributed by atoms with van der Waals surface area (Å²) in [5, 5.41) is 2.63. The van der Waals surface area contributed by atoms with Crippen LogP contribution in [0, 0.1) is 5.92 Å². The first-order valence-corrected chi connectivity index (χ1v) is 8.11. The molecule has 1 aromatic rings. The summed E-state index contributed by atoms with van der Waals surface area (Å²) >= 11 is 0. The van der Waals surface area contributed by atoms with Gasteiger partial charge in [-0.15, -0.1) is 0 Å². The van der Waals surface area contributed by atoms with E-state index < -0.39 is 24.7 Å². The standard InChI is InChI=1S/C17H21F2N3O2/c1-21-6-8-22(9-7-21)16(24)12-2-4-14(5-3-12)20-15(23)13-10-17(18,19)11-13/h2-5,13H,6-11H2,1H3,(H,20,23). The van der Waals surface area contributed by atoms with Gasteiger partial charge in [0, 0.05) is 56.2 Å². The molecule has 7 heteroatoms. The summed E-state index contributed by atoms with van der Waals surface area (Å²) in [7, 11) is 2.03. The molecule has 0 spiro atoms. The highest BCUT2D eigenvalue weighted by molar-refractivity contribution is 5.96. The topological polar surface area (TPSA) is 52.6 Å². The number of carbonyl (C=O) groups excluding carboxylic acids is 2.